The summed E-state index contributed by atoms with van der Waals surface area (Å²) in [6.07, 6.45) is 0. The van der Waals surface area contributed by atoms with Crippen LogP contribution in [-0.4, -0.2) is 9.97 Å². The normalized spacial score (nSPS) is 12.9. The molecule has 10 rings (SSSR count). The molecular formula is C51H36N2. The van der Waals surface area contributed by atoms with E-state index in [1.807, 2.05) is 24.3 Å². The molecule has 0 aliphatic heterocycles. The van der Waals surface area contributed by atoms with Crippen LogP contribution in [0.2, 0.25) is 0 Å². The van der Waals surface area contributed by atoms with E-state index in [9.17, 15) is 0 Å². The Labute approximate surface area is 310 Å². The van der Waals surface area contributed by atoms with Crippen molar-refractivity contribution in [3.8, 4) is 67.3 Å². The van der Waals surface area contributed by atoms with E-state index in [0.717, 1.165) is 33.5 Å². The molecule has 0 bridgehead atoms. The summed E-state index contributed by atoms with van der Waals surface area (Å²) in [6.45, 7) is 4.69. The minimum absolute atomic E-state index is 0.0567. The maximum Gasteiger partial charge on any atom is 0.160 e. The Morgan fingerprint density at radius 1 is 0.340 bits per heavy atom. The molecule has 53 heavy (non-hydrogen) atoms. The van der Waals surface area contributed by atoms with Gasteiger partial charge in [-0.15, -0.1) is 0 Å². The van der Waals surface area contributed by atoms with Gasteiger partial charge in [-0.3, -0.25) is 0 Å². The average molecular weight is 677 g/mol. The molecule has 0 unspecified atom stereocenters. The molecule has 9 aromatic rings. The van der Waals surface area contributed by atoms with E-state index in [0.29, 0.717) is 5.82 Å². The fourth-order valence-corrected chi connectivity index (χ4v) is 8.50. The molecule has 1 aromatic heterocycles. The third-order valence-corrected chi connectivity index (χ3v) is 11.1. The van der Waals surface area contributed by atoms with Gasteiger partial charge >= 0.3 is 0 Å². The maximum absolute atomic E-state index is 5.36. The summed E-state index contributed by atoms with van der Waals surface area (Å²) in [5, 5.41) is 4.73. The smallest absolute Gasteiger partial charge is 0.160 e. The first-order valence-electron chi connectivity index (χ1n) is 18.3. The van der Waals surface area contributed by atoms with Gasteiger partial charge in [-0.1, -0.05) is 178 Å². The first-order valence-corrected chi connectivity index (χ1v) is 18.3. The predicted molar refractivity (Wildman–Crippen MR) is 222 cm³/mol. The summed E-state index contributed by atoms with van der Waals surface area (Å²) in [6, 6.07) is 65.5. The minimum atomic E-state index is -0.0567. The van der Waals surface area contributed by atoms with Gasteiger partial charge in [0.1, 0.15) is 0 Å². The van der Waals surface area contributed by atoms with Crippen molar-refractivity contribution < 1.29 is 0 Å². The number of hydrogen-bond acceptors (Lipinski definition) is 2. The van der Waals surface area contributed by atoms with Crippen LogP contribution in [0.5, 0.6) is 0 Å². The zero-order valence-corrected chi connectivity index (χ0v) is 29.7. The second-order valence-corrected chi connectivity index (χ2v) is 14.5. The van der Waals surface area contributed by atoms with Crippen LogP contribution in [0.25, 0.3) is 88.8 Å². The highest BCUT2D eigenvalue weighted by Crippen LogP contribution is 2.51. The van der Waals surface area contributed by atoms with Crippen LogP contribution in [0.1, 0.15) is 25.0 Å². The van der Waals surface area contributed by atoms with Gasteiger partial charge in [0.15, 0.2) is 5.82 Å². The molecule has 0 fully saturated rings. The van der Waals surface area contributed by atoms with Crippen LogP contribution in [-0.2, 0) is 5.41 Å². The van der Waals surface area contributed by atoms with Crippen LogP contribution in [0.15, 0.2) is 182 Å². The first-order chi connectivity index (χ1) is 26.0. The molecule has 0 amide bonds. The van der Waals surface area contributed by atoms with Crippen molar-refractivity contribution in [2.45, 2.75) is 19.3 Å². The minimum Gasteiger partial charge on any atom is -0.228 e. The third-order valence-electron chi connectivity index (χ3n) is 11.1. The van der Waals surface area contributed by atoms with E-state index >= 15 is 0 Å². The van der Waals surface area contributed by atoms with Gasteiger partial charge in [-0.25, -0.2) is 9.97 Å². The summed E-state index contributed by atoms with van der Waals surface area (Å²) >= 11 is 0. The highest BCUT2D eigenvalue weighted by molar-refractivity contribution is 6.22. The van der Waals surface area contributed by atoms with Crippen molar-refractivity contribution >= 4 is 21.5 Å². The summed E-state index contributed by atoms with van der Waals surface area (Å²) < 4.78 is 0. The second kappa shape index (κ2) is 12.3. The summed E-state index contributed by atoms with van der Waals surface area (Å²) in [7, 11) is 0. The summed E-state index contributed by atoms with van der Waals surface area (Å²) in [4.78, 5) is 10.5. The van der Waals surface area contributed by atoms with Gasteiger partial charge in [0.25, 0.3) is 0 Å². The SMILES string of the molecule is CC1(C)c2ccccc2-c2cc(-c3c4ccccc4c(-c4cc(-c5ccccc5)nc(-c5ccccc5)n4)c4ccc(-c5ccccc5)cc34)ccc21. The van der Waals surface area contributed by atoms with Gasteiger partial charge in [-0.05, 0) is 84.3 Å². The molecule has 0 spiro atoms. The second-order valence-electron chi connectivity index (χ2n) is 14.5. The largest absolute Gasteiger partial charge is 0.228 e. The van der Waals surface area contributed by atoms with Crippen LogP contribution in [0, 0.1) is 0 Å². The lowest BCUT2D eigenvalue weighted by Gasteiger charge is -2.22. The highest BCUT2D eigenvalue weighted by atomic mass is 14.9. The monoisotopic (exact) mass is 676 g/mol. The van der Waals surface area contributed by atoms with Crippen molar-refractivity contribution in [2.75, 3.05) is 0 Å². The Balaban J connectivity index is 1.30. The Kier molecular flexibility index (Phi) is 7.19. The molecule has 2 nitrogen and oxygen atoms in total. The van der Waals surface area contributed by atoms with Crippen LogP contribution in [0.3, 0.4) is 0 Å². The quantitative estimate of drug-likeness (QED) is 0.170. The molecule has 0 saturated carbocycles. The maximum atomic E-state index is 5.36. The lowest BCUT2D eigenvalue weighted by atomic mass is 9.81. The fourth-order valence-electron chi connectivity index (χ4n) is 8.50. The van der Waals surface area contributed by atoms with Gasteiger partial charge in [0.2, 0.25) is 0 Å². The van der Waals surface area contributed by atoms with E-state index < -0.39 is 0 Å². The lowest BCUT2D eigenvalue weighted by molar-refractivity contribution is 0.660. The van der Waals surface area contributed by atoms with E-state index in [-0.39, 0.29) is 5.41 Å². The van der Waals surface area contributed by atoms with E-state index in [2.05, 4.69) is 172 Å². The van der Waals surface area contributed by atoms with Gasteiger partial charge in [0, 0.05) is 22.1 Å². The molecule has 250 valence electrons. The number of nitrogens with zero attached hydrogens (tertiary/aromatic N) is 2. The number of aromatic nitrogens is 2. The van der Waals surface area contributed by atoms with Crippen LogP contribution >= 0.6 is 0 Å². The molecule has 1 aliphatic carbocycles. The van der Waals surface area contributed by atoms with Gasteiger partial charge in [0.05, 0.1) is 11.4 Å². The molecule has 0 radical (unpaired) electrons. The first kappa shape index (κ1) is 31.1. The molecule has 2 heteroatoms. The van der Waals surface area contributed by atoms with E-state index in [4.69, 9.17) is 9.97 Å². The van der Waals surface area contributed by atoms with E-state index in [1.165, 1.54) is 60.7 Å². The van der Waals surface area contributed by atoms with Gasteiger partial charge < -0.3 is 0 Å². The Hall–Kier alpha value is -6.64. The molecule has 8 aromatic carbocycles. The average Bonchev–Trinajstić information content (AvgIpc) is 3.45. The number of hydrogen-bond donors (Lipinski definition) is 0. The molecule has 1 heterocycles. The van der Waals surface area contributed by atoms with E-state index in [1.54, 1.807) is 0 Å². The van der Waals surface area contributed by atoms with Gasteiger partial charge in [-0.2, -0.15) is 0 Å². The molecule has 0 N–H and O–H groups in total. The van der Waals surface area contributed by atoms with Crippen LogP contribution in [0.4, 0.5) is 0 Å². The fraction of sp³-hybridized carbons (Fsp3) is 0.0588. The van der Waals surface area contributed by atoms with Crippen LogP contribution < -0.4 is 0 Å². The zero-order valence-electron chi connectivity index (χ0n) is 29.7. The Morgan fingerprint density at radius 3 is 1.62 bits per heavy atom. The highest BCUT2D eigenvalue weighted by Gasteiger charge is 2.35. The zero-order chi connectivity index (χ0) is 35.5. The number of fused-ring (bicyclic) bond motifs is 5. The third kappa shape index (κ3) is 5.10. The molecule has 1 aliphatic rings. The predicted octanol–water partition coefficient (Wildman–Crippen LogP) is 13.4. The standard InChI is InChI=1S/C51H36N2/c1-51(2)44-25-15-14-22-38(44)42-31-37(27-29-45(42)51)48-39-23-12-13-24-40(39)49(41-28-26-36(30-43(41)48)33-16-6-3-7-17-33)47-32-46(34-18-8-4-9-19-34)52-50(53-47)35-20-10-5-11-21-35/h3-32H,1-2H3. The molecular weight excluding hydrogens is 641 g/mol. The van der Waals surface area contributed by atoms with Crippen molar-refractivity contribution in [1.29, 1.82) is 0 Å². The Morgan fingerprint density at radius 2 is 0.887 bits per heavy atom. The lowest BCUT2D eigenvalue weighted by Crippen LogP contribution is -2.14. The Bertz CT molecular complexity index is 2780. The summed E-state index contributed by atoms with van der Waals surface area (Å²) in [5.41, 5.74) is 15.2. The molecule has 0 atom stereocenters. The molecule has 0 saturated heterocycles. The number of rotatable bonds is 5. The topological polar surface area (TPSA) is 25.8 Å². The number of benzene rings is 8. The van der Waals surface area contributed by atoms with Crippen molar-refractivity contribution in [3.63, 3.8) is 0 Å². The van der Waals surface area contributed by atoms with Crippen molar-refractivity contribution in [3.05, 3.63) is 193 Å². The van der Waals surface area contributed by atoms with Crippen molar-refractivity contribution in [1.82, 2.24) is 9.97 Å². The van der Waals surface area contributed by atoms with Crippen molar-refractivity contribution in [2.24, 2.45) is 0 Å². The summed E-state index contributed by atoms with van der Waals surface area (Å²) in [5.74, 6) is 0.712.